The highest BCUT2D eigenvalue weighted by atomic mass is 35.5. The predicted molar refractivity (Wildman–Crippen MR) is 147 cm³/mol. The molecule has 0 aliphatic carbocycles. The highest BCUT2D eigenvalue weighted by molar-refractivity contribution is 6.31. The Balaban J connectivity index is 1.30. The zero-order chi connectivity index (χ0) is 26.5. The number of benzene rings is 2. The minimum absolute atomic E-state index is 0.0328. The molecule has 2 aliphatic rings. The molecular formula is C28H35ClFN5O3. The SMILES string of the molecule is CC(C)N1CCN(CCCOc2cc(OC3CCOC3)c3c(Nc4ccc(F)c(Cl)c4)ncnc3c2)CC1. The summed E-state index contributed by atoms with van der Waals surface area (Å²) in [6, 6.07) is 8.86. The fourth-order valence-electron chi connectivity index (χ4n) is 4.88. The number of anilines is 2. The number of nitrogens with one attached hydrogen (secondary N) is 1. The first-order valence-corrected chi connectivity index (χ1v) is 13.7. The zero-order valence-corrected chi connectivity index (χ0v) is 22.7. The molecule has 8 nitrogen and oxygen atoms in total. The molecule has 1 aromatic heterocycles. The third-order valence-corrected chi connectivity index (χ3v) is 7.35. The molecule has 1 N–H and O–H groups in total. The first-order chi connectivity index (χ1) is 18.5. The molecule has 0 saturated carbocycles. The summed E-state index contributed by atoms with van der Waals surface area (Å²) in [5.74, 6) is 1.38. The first kappa shape index (κ1) is 26.9. The third kappa shape index (κ3) is 6.64. The smallest absolute Gasteiger partial charge is 0.145 e. The van der Waals surface area contributed by atoms with Gasteiger partial charge in [0.1, 0.15) is 35.6 Å². The van der Waals surface area contributed by atoms with Crippen LogP contribution in [0.25, 0.3) is 10.9 Å². The van der Waals surface area contributed by atoms with E-state index in [1.165, 1.54) is 18.5 Å². The lowest BCUT2D eigenvalue weighted by atomic mass is 10.2. The Hall–Kier alpha value is -2.72. The van der Waals surface area contributed by atoms with Crippen molar-refractivity contribution >= 4 is 34.0 Å². The molecule has 0 radical (unpaired) electrons. The standard InChI is InChI=1S/C28H35ClFN5O3/c1-19(2)35-10-8-34(9-11-35)7-3-12-37-22-15-25-27(26(16-22)38-21-6-13-36-17-21)28(32-18-31-25)33-20-4-5-24(30)23(29)14-20/h4-5,14-16,18-19,21H,3,6-13,17H2,1-2H3,(H,31,32,33). The minimum Gasteiger partial charge on any atom is -0.493 e. The van der Waals surface area contributed by atoms with Crippen LogP contribution in [0.4, 0.5) is 15.9 Å². The molecule has 1 unspecified atom stereocenters. The summed E-state index contributed by atoms with van der Waals surface area (Å²) in [6.45, 7) is 11.8. The van der Waals surface area contributed by atoms with Crippen molar-refractivity contribution in [3.8, 4) is 11.5 Å². The summed E-state index contributed by atoms with van der Waals surface area (Å²) in [7, 11) is 0. The summed E-state index contributed by atoms with van der Waals surface area (Å²) in [5.41, 5.74) is 1.30. The summed E-state index contributed by atoms with van der Waals surface area (Å²) >= 11 is 5.98. The molecule has 3 heterocycles. The van der Waals surface area contributed by atoms with Crippen LogP contribution in [-0.4, -0.2) is 84.5 Å². The normalized spacial score (nSPS) is 18.8. The van der Waals surface area contributed by atoms with Gasteiger partial charge in [0.15, 0.2) is 0 Å². The number of hydrogen-bond acceptors (Lipinski definition) is 8. The van der Waals surface area contributed by atoms with E-state index in [2.05, 4.69) is 38.9 Å². The largest absolute Gasteiger partial charge is 0.493 e. The van der Waals surface area contributed by atoms with Crippen LogP contribution in [0.1, 0.15) is 26.7 Å². The maximum atomic E-state index is 13.7. The number of halogens is 2. The number of hydrogen-bond donors (Lipinski definition) is 1. The minimum atomic E-state index is -0.477. The van der Waals surface area contributed by atoms with Gasteiger partial charge in [0, 0.05) is 63.0 Å². The highest BCUT2D eigenvalue weighted by Crippen LogP contribution is 2.37. The lowest BCUT2D eigenvalue weighted by Gasteiger charge is -2.36. The van der Waals surface area contributed by atoms with Gasteiger partial charge in [0.25, 0.3) is 0 Å². The molecule has 38 heavy (non-hydrogen) atoms. The fourth-order valence-corrected chi connectivity index (χ4v) is 5.06. The number of ether oxygens (including phenoxy) is 3. The van der Waals surface area contributed by atoms with E-state index in [0.717, 1.165) is 51.0 Å². The van der Waals surface area contributed by atoms with E-state index in [0.29, 0.717) is 54.4 Å². The molecule has 1 atom stereocenters. The van der Waals surface area contributed by atoms with Gasteiger partial charge in [0.05, 0.1) is 35.7 Å². The second-order valence-electron chi connectivity index (χ2n) is 10.1. The van der Waals surface area contributed by atoms with E-state index in [-0.39, 0.29) is 11.1 Å². The summed E-state index contributed by atoms with van der Waals surface area (Å²) in [4.78, 5) is 14.0. The monoisotopic (exact) mass is 543 g/mol. The second kappa shape index (κ2) is 12.4. The Labute approximate surface area is 228 Å². The van der Waals surface area contributed by atoms with Gasteiger partial charge in [-0.2, -0.15) is 0 Å². The van der Waals surface area contributed by atoms with E-state index in [4.69, 9.17) is 25.8 Å². The molecule has 0 amide bonds. The fraction of sp³-hybridized carbons (Fsp3) is 0.500. The molecule has 2 aromatic carbocycles. The lowest BCUT2D eigenvalue weighted by Crippen LogP contribution is -2.49. The van der Waals surface area contributed by atoms with Crippen molar-refractivity contribution in [3.05, 3.63) is 47.5 Å². The maximum Gasteiger partial charge on any atom is 0.145 e. The van der Waals surface area contributed by atoms with Crippen LogP contribution in [-0.2, 0) is 4.74 Å². The van der Waals surface area contributed by atoms with Gasteiger partial charge in [-0.1, -0.05) is 11.6 Å². The number of aromatic nitrogens is 2. The molecule has 2 aliphatic heterocycles. The van der Waals surface area contributed by atoms with Crippen molar-refractivity contribution in [2.75, 3.05) is 57.9 Å². The Morgan fingerprint density at radius 1 is 1.16 bits per heavy atom. The molecule has 0 spiro atoms. The maximum absolute atomic E-state index is 13.7. The van der Waals surface area contributed by atoms with Crippen molar-refractivity contribution < 1.29 is 18.6 Å². The second-order valence-corrected chi connectivity index (χ2v) is 10.5. The Morgan fingerprint density at radius 2 is 2.00 bits per heavy atom. The van der Waals surface area contributed by atoms with Gasteiger partial charge >= 0.3 is 0 Å². The van der Waals surface area contributed by atoms with Gasteiger partial charge in [-0.15, -0.1) is 0 Å². The molecular weight excluding hydrogens is 509 g/mol. The molecule has 5 rings (SSSR count). The Morgan fingerprint density at radius 3 is 2.74 bits per heavy atom. The average Bonchev–Trinajstić information content (AvgIpc) is 3.42. The number of nitrogens with zero attached hydrogens (tertiary/aromatic N) is 4. The van der Waals surface area contributed by atoms with Crippen molar-refractivity contribution in [1.29, 1.82) is 0 Å². The van der Waals surface area contributed by atoms with Crippen LogP contribution in [0, 0.1) is 5.82 Å². The average molecular weight is 544 g/mol. The number of piperazine rings is 1. The highest BCUT2D eigenvalue weighted by Gasteiger charge is 2.22. The third-order valence-electron chi connectivity index (χ3n) is 7.06. The molecule has 2 fully saturated rings. The van der Waals surface area contributed by atoms with Gasteiger partial charge in [-0.3, -0.25) is 4.90 Å². The topological polar surface area (TPSA) is 72.0 Å². The van der Waals surface area contributed by atoms with Crippen molar-refractivity contribution in [2.45, 2.75) is 38.8 Å². The predicted octanol–water partition coefficient (Wildman–Crippen LogP) is 5.13. The van der Waals surface area contributed by atoms with Crippen LogP contribution in [0.5, 0.6) is 11.5 Å². The van der Waals surface area contributed by atoms with Crippen molar-refractivity contribution in [1.82, 2.24) is 19.8 Å². The zero-order valence-electron chi connectivity index (χ0n) is 22.0. The van der Waals surface area contributed by atoms with E-state index >= 15 is 0 Å². The van der Waals surface area contributed by atoms with E-state index in [1.54, 1.807) is 6.07 Å². The van der Waals surface area contributed by atoms with Crippen LogP contribution in [0.3, 0.4) is 0 Å². The van der Waals surface area contributed by atoms with Crippen molar-refractivity contribution in [3.63, 3.8) is 0 Å². The lowest BCUT2D eigenvalue weighted by molar-refractivity contribution is 0.104. The molecule has 10 heteroatoms. The van der Waals surface area contributed by atoms with Crippen LogP contribution < -0.4 is 14.8 Å². The summed E-state index contributed by atoms with van der Waals surface area (Å²) < 4.78 is 31.7. The first-order valence-electron chi connectivity index (χ1n) is 13.3. The Bertz CT molecular complexity index is 1230. The quantitative estimate of drug-likeness (QED) is 0.353. The van der Waals surface area contributed by atoms with Gasteiger partial charge in [-0.05, 0) is 38.5 Å². The molecule has 2 saturated heterocycles. The van der Waals surface area contributed by atoms with Gasteiger partial charge in [-0.25, -0.2) is 14.4 Å². The molecule has 0 bridgehead atoms. The van der Waals surface area contributed by atoms with E-state index in [1.807, 2.05) is 12.1 Å². The van der Waals surface area contributed by atoms with Crippen LogP contribution >= 0.6 is 11.6 Å². The molecule has 204 valence electrons. The number of fused-ring (bicyclic) bond motifs is 1. The van der Waals surface area contributed by atoms with Gasteiger partial charge in [0.2, 0.25) is 0 Å². The number of rotatable bonds is 10. The van der Waals surface area contributed by atoms with E-state index < -0.39 is 5.82 Å². The summed E-state index contributed by atoms with van der Waals surface area (Å²) in [6.07, 6.45) is 3.17. The van der Waals surface area contributed by atoms with Gasteiger partial charge < -0.3 is 24.4 Å². The Kier molecular flexibility index (Phi) is 8.79. The van der Waals surface area contributed by atoms with Crippen LogP contribution in [0.2, 0.25) is 5.02 Å². The van der Waals surface area contributed by atoms with Crippen LogP contribution in [0.15, 0.2) is 36.7 Å². The summed E-state index contributed by atoms with van der Waals surface area (Å²) in [5, 5.41) is 3.99. The van der Waals surface area contributed by atoms with Crippen molar-refractivity contribution in [2.24, 2.45) is 0 Å². The molecule has 3 aromatic rings. The van der Waals surface area contributed by atoms with E-state index in [9.17, 15) is 4.39 Å².